The van der Waals surface area contributed by atoms with Crippen molar-refractivity contribution in [2.24, 2.45) is 0 Å². The molecule has 9 heteroatoms. The van der Waals surface area contributed by atoms with Crippen molar-refractivity contribution in [3.63, 3.8) is 0 Å². The van der Waals surface area contributed by atoms with Gasteiger partial charge in [-0.1, -0.05) is 0 Å². The molecule has 0 spiro atoms. The molecule has 0 radical (unpaired) electrons. The third kappa shape index (κ3) is 1.90. The highest BCUT2D eigenvalue weighted by molar-refractivity contribution is 5.66. The predicted octanol–water partition coefficient (Wildman–Crippen LogP) is 0.332. The minimum atomic E-state index is -1.54. The van der Waals surface area contributed by atoms with Gasteiger partial charge in [-0.25, -0.2) is 9.50 Å². The summed E-state index contributed by atoms with van der Waals surface area (Å²) in [6, 6.07) is 5.67. The Bertz CT molecular complexity index is 890. The monoisotopic (exact) mass is 345 g/mol. The fourth-order valence-electron chi connectivity index (χ4n) is 3.98. The summed E-state index contributed by atoms with van der Waals surface area (Å²) in [5.41, 5.74) is 4.22. The van der Waals surface area contributed by atoms with Crippen LogP contribution in [0.4, 0.5) is 5.82 Å². The van der Waals surface area contributed by atoms with Crippen molar-refractivity contribution >= 4 is 11.3 Å². The van der Waals surface area contributed by atoms with Crippen LogP contribution in [0.15, 0.2) is 18.5 Å². The van der Waals surface area contributed by atoms with Crippen LogP contribution in [0.1, 0.15) is 26.5 Å². The van der Waals surface area contributed by atoms with E-state index in [0.29, 0.717) is 11.2 Å². The third-order valence-electron chi connectivity index (χ3n) is 4.96. The topological polar surface area (TPSA) is 128 Å². The molecule has 25 heavy (non-hydrogen) atoms. The van der Waals surface area contributed by atoms with Gasteiger partial charge in [0.15, 0.2) is 11.6 Å². The lowest BCUT2D eigenvalue weighted by Crippen LogP contribution is -2.51. The molecule has 2 aromatic heterocycles. The molecule has 0 aromatic carbocycles. The Kier molecular flexibility index (Phi) is 3.18. The molecule has 0 unspecified atom stereocenters. The molecule has 0 bridgehead atoms. The first-order chi connectivity index (χ1) is 11.8. The van der Waals surface area contributed by atoms with Gasteiger partial charge in [-0.3, -0.25) is 0 Å². The van der Waals surface area contributed by atoms with Crippen LogP contribution in [0.2, 0.25) is 0 Å². The number of aliphatic hydroxyl groups is 1. The average Bonchev–Trinajstić information content (AvgIpc) is 3.15. The molecule has 4 atom stereocenters. The van der Waals surface area contributed by atoms with E-state index in [4.69, 9.17) is 19.9 Å². The summed E-state index contributed by atoms with van der Waals surface area (Å²) >= 11 is 0. The Hall–Kier alpha value is -2.25. The van der Waals surface area contributed by atoms with Crippen LogP contribution in [-0.2, 0) is 19.8 Å². The van der Waals surface area contributed by atoms with Crippen LogP contribution in [0, 0.1) is 11.3 Å². The highest BCUT2D eigenvalue weighted by Crippen LogP contribution is 2.56. The van der Waals surface area contributed by atoms with Gasteiger partial charge in [-0.15, -0.1) is 0 Å². The second-order valence-electron chi connectivity index (χ2n) is 6.94. The zero-order chi connectivity index (χ0) is 18.0. The summed E-state index contributed by atoms with van der Waals surface area (Å²) in [5.74, 6) is -0.628. The summed E-state index contributed by atoms with van der Waals surface area (Å²) in [5, 5.41) is 24.1. The Balaban J connectivity index is 1.97. The molecular formula is C16H19N5O4. The molecule has 4 rings (SSSR count). The Labute approximate surface area is 143 Å². The van der Waals surface area contributed by atoms with Crippen molar-refractivity contribution in [1.29, 1.82) is 5.26 Å². The van der Waals surface area contributed by atoms with Gasteiger partial charge >= 0.3 is 0 Å². The highest BCUT2D eigenvalue weighted by Gasteiger charge is 2.72. The molecule has 2 aliphatic heterocycles. The Morgan fingerprint density at radius 2 is 2.12 bits per heavy atom. The van der Waals surface area contributed by atoms with E-state index in [1.807, 2.05) is 0 Å². The summed E-state index contributed by atoms with van der Waals surface area (Å²) in [7, 11) is 0. The van der Waals surface area contributed by atoms with E-state index in [9.17, 15) is 10.4 Å². The van der Waals surface area contributed by atoms with Gasteiger partial charge in [0.25, 0.3) is 0 Å². The second kappa shape index (κ2) is 4.89. The standard InChI is InChI=1S/C16H19N5O4/c1-14(2)24-12-10(6-22)23-16(7-17,15(12,3)25-14)11-5-4-9-13(18)19-8-20-21(9)11/h4-5,8,10,12,22H,6H2,1-3H3,(H2,18,19,20)/t10-,12-,15-,16+/m1/s1. The normalized spacial score (nSPS) is 36.4. The number of aliphatic hydroxyl groups excluding tert-OH is 1. The van der Waals surface area contributed by atoms with Gasteiger partial charge in [0.2, 0.25) is 5.60 Å². The number of nitrogen functional groups attached to an aromatic ring is 1. The molecule has 132 valence electrons. The first kappa shape index (κ1) is 16.2. The van der Waals surface area contributed by atoms with Crippen LogP contribution >= 0.6 is 0 Å². The number of nitriles is 1. The van der Waals surface area contributed by atoms with Gasteiger partial charge in [0, 0.05) is 0 Å². The maximum atomic E-state index is 10.1. The first-order valence-corrected chi connectivity index (χ1v) is 7.94. The van der Waals surface area contributed by atoms with Crippen LogP contribution in [0.3, 0.4) is 0 Å². The Morgan fingerprint density at radius 1 is 1.36 bits per heavy atom. The minimum Gasteiger partial charge on any atom is -0.394 e. The molecule has 3 N–H and O–H groups in total. The van der Waals surface area contributed by atoms with E-state index < -0.39 is 29.2 Å². The summed E-state index contributed by atoms with van der Waals surface area (Å²) in [6.07, 6.45) is -0.0152. The van der Waals surface area contributed by atoms with Gasteiger partial charge in [0.05, 0.1) is 12.3 Å². The lowest BCUT2D eigenvalue weighted by Gasteiger charge is -2.35. The zero-order valence-corrected chi connectivity index (χ0v) is 14.1. The number of nitrogens with two attached hydrogens (primary N) is 1. The van der Waals surface area contributed by atoms with Crippen LogP contribution in [0.25, 0.3) is 5.52 Å². The lowest BCUT2D eigenvalue weighted by atomic mass is 9.80. The maximum Gasteiger partial charge on any atom is 0.228 e. The van der Waals surface area contributed by atoms with E-state index in [1.54, 1.807) is 32.9 Å². The number of anilines is 1. The van der Waals surface area contributed by atoms with Crippen molar-refractivity contribution in [3.05, 3.63) is 24.2 Å². The quantitative estimate of drug-likeness (QED) is 0.797. The predicted molar refractivity (Wildman–Crippen MR) is 85.1 cm³/mol. The number of hydrogen-bond acceptors (Lipinski definition) is 8. The van der Waals surface area contributed by atoms with Gasteiger partial charge in [-0.2, -0.15) is 10.4 Å². The number of ether oxygens (including phenoxy) is 3. The van der Waals surface area contributed by atoms with E-state index in [-0.39, 0.29) is 12.4 Å². The summed E-state index contributed by atoms with van der Waals surface area (Å²) in [4.78, 5) is 3.96. The fraction of sp³-hybridized carbons (Fsp3) is 0.562. The maximum absolute atomic E-state index is 10.1. The summed E-state index contributed by atoms with van der Waals surface area (Å²) < 4.78 is 19.6. The number of aromatic nitrogens is 3. The average molecular weight is 345 g/mol. The largest absolute Gasteiger partial charge is 0.394 e. The van der Waals surface area contributed by atoms with Crippen molar-refractivity contribution in [2.75, 3.05) is 12.3 Å². The third-order valence-corrected chi connectivity index (χ3v) is 4.96. The number of fused-ring (bicyclic) bond motifs is 2. The molecule has 4 heterocycles. The molecule has 2 saturated heterocycles. The number of rotatable bonds is 2. The van der Waals surface area contributed by atoms with Gasteiger partial charge in [-0.05, 0) is 32.9 Å². The minimum absolute atomic E-state index is 0.289. The first-order valence-electron chi connectivity index (χ1n) is 7.94. The number of hydrogen-bond donors (Lipinski definition) is 2. The van der Waals surface area contributed by atoms with Crippen molar-refractivity contribution in [3.8, 4) is 6.07 Å². The molecule has 0 aliphatic carbocycles. The van der Waals surface area contributed by atoms with Gasteiger partial charge < -0.3 is 25.1 Å². The van der Waals surface area contributed by atoms with Crippen LogP contribution < -0.4 is 5.73 Å². The summed E-state index contributed by atoms with van der Waals surface area (Å²) in [6.45, 7) is 4.99. The lowest BCUT2D eigenvalue weighted by molar-refractivity contribution is -0.223. The van der Waals surface area contributed by atoms with Gasteiger partial charge in [0.1, 0.15) is 35.7 Å². The molecule has 0 saturated carbocycles. The second-order valence-corrected chi connectivity index (χ2v) is 6.94. The molecule has 0 amide bonds. The van der Waals surface area contributed by atoms with E-state index in [0.717, 1.165) is 0 Å². The molecule has 9 nitrogen and oxygen atoms in total. The van der Waals surface area contributed by atoms with E-state index >= 15 is 0 Å². The smallest absolute Gasteiger partial charge is 0.228 e. The van der Waals surface area contributed by atoms with Crippen LogP contribution in [-0.4, -0.2) is 49.9 Å². The van der Waals surface area contributed by atoms with E-state index in [2.05, 4.69) is 16.2 Å². The van der Waals surface area contributed by atoms with E-state index in [1.165, 1.54) is 10.8 Å². The fourth-order valence-corrected chi connectivity index (χ4v) is 3.98. The van der Waals surface area contributed by atoms with Crippen LogP contribution in [0.5, 0.6) is 0 Å². The zero-order valence-electron chi connectivity index (χ0n) is 14.1. The Morgan fingerprint density at radius 3 is 2.80 bits per heavy atom. The number of nitrogens with zero attached hydrogens (tertiary/aromatic N) is 4. The van der Waals surface area contributed by atoms with Crippen molar-refractivity contribution in [1.82, 2.24) is 14.6 Å². The molecular weight excluding hydrogens is 326 g/mol. The van der Waals surface area contributed by atoms with Crippen molar-refractivity contribution < 1.29 is 19.3 Å². The van der Waals surface area contributed by atoms with Crippen molar-refractivity contribution in [2.45, 2.75) is 50.0 Å². The molecule has 2 aliphatic rings. The SMILES string of the molecule is CC1(C)O[C@@H]2[C@@H](CO)O[C@@](C#N)(c3ccc4c(N)ncnn34)[C@]2(C)O1. The molecule has 2 aromatic rings. The highest BCUT2D eigenvalue weighted by atomic mass is 16.8. The molecule has 2 fully saturated rings.